The molecule has 2 N–H and O–H groups in total. The normalized spacial score (nSPS) is 12.4. The topological polar surface area (TPSA) is 44.7 Å². The summed E-state index contributed by atoms with van der Waals surface area (Å²) in [7, 11) is 4.00. The molecule has 0 saturated carbocycles. The third kappa shape index (κ3) is 4.64. The van der Waals surface area contributed by atoms with E-state index in [2.05, 4.69) is 41.4 Å². The van der Waals surface area contributed by atoms with Gasteiger partial charge in [-0.3, -0.25) is 0 Å². The minimum absolute atomic E-state index is 0.0836. The molecule has 0 saturated heterocycles. The van der Waals surface area contributed by atoms with Crippen LogP contribution in [0, 0.1) is 0 Å². The van der Waals surface area contributed by atoms with Gasteiger partial charge in [0, 0.05) is 25.3 Å². The number of ether oxygens (including phenoxy) is 1. The summed E-state index contributed by atoms with van der Waals surface area (Å²) in [6, 6.07) is 8.89. The largest absolute Gasteiger partial charge is 0.394 e. The zero-order valence-electron chi connectivity index (χ0n) is 11.5. The highest BCUT2D eigenvalue weighted by molar-refractivity contribution is 5.47. The summed E-state index contributed by atoms with van der Waals surface area (Å²) in [6.07, 6.45) is 0. The van der Waals surface area contributed by atoms with E-state index in [9.17, 15) is 0 Å². The van der Waals surface area contributed by atoms with Gasteiger partial charge in [0.05, 0.1) is 19.8 Å². The molecule has 1 rings (SSSR count). The standard InChI is InChI=1S/C14H24N2O2/c1-12(15-2)13-4-6-14(7-5-13)16(3)8-10-18-11-9-17/h4-7,12,15,17H,8-11H2,1-3H3. The highest BCUT2D eigenvalue weighted by atomic mass is 16.5. The second kappa shape index (κ2) is 8.08. The number of aliphatic hydroxyl groups excluding tert-OH is 1. The molecule has 4 nitrogen and oxygen atoms in total. The lowest BCUT2D eigenvalue weighted by atomic mass is 10.1. The van der Waals surface area contributed by atoms with E-state index >= 15 is 0 Å². The van der Waals surface area contributed by atoms with Gasteiger partial charge >= 0.3 is 0 Å². The Kier molecular flexibility index (Phi) is 6.72. The molecule has 0 bridgehead atoms. The Morgan fingerprint density at radius 2 is 1.94 bits per heavy atom. The zero-order valence-corrected chi connectivity index (χ0v) is 11.5. The van der Waals surface area contributed by atoms with Crippen molar-refractivity contribution in [2.75, 3.05) is 45.4 Å². The van der Waals surface area contributed by atoms with Gasteiger partial charge in [0.25, 0.3) is 0 Å². The van der Waals surface area contributed by atoms with E-state index < -0.39 is 0 Å². The Bertz CT molecular complexity index is 327. The smallest absolute Gasteiger partial charge is 0.0698 e. The van der Waals surface area contributed by atoms with Gasteiger partial charge in [-0.05, 0) is 31.7 Å². The van der Waals surface area contributed by atoms with E-state index in [1.807, 2.05) is 14.1 Å². The molecule has 0 aromatic heterocycles. The zero-order chi connectivity index (χ0) is 13.4. The lowest BCUT2D eigenvalue weighted by Gasteiger charge is -2.20. The first kappa shape index (κ1) is 15.0. The van der Waals surface area contributed by atoms with Crippen molar-refractivity contribution in [3.8, 4) is 0 Å². The Morgan fingerprint density at radius 3 is 2.50 bits per heavy atom. The fourth-order valence-corrected chi connectivity index (χ4v) is 1.68. The van der Waals surface area contributed by atoms with Crippen molar-refractivity contribution in [1.29, 1.82) is 0 Å². The van der Waals surface area contributed by atoms with Crippen LogP contribution in [0.25, 0.3) is 0 Å². The van der Waals surface area contributed by atoms with Crippen LogP contribution in [0.2, 0.25) is 0 Å². The SMILES string of the molecule is CNC(C)c1ccc(N(C)CCOCCO)cc1. The van der Waals surface area contributed by atoms with Crippen molar-refractivity contribution in [2.24, 2.45) is 0 Å². The van der Waals surface area contributed by atoms with Crippen LogP contribution in [-0.4, -0.2) is 45.6 Å². The number of nitrogens with zero attached hydrogens (tertiary/aromatic N) is 1. The maximum Gasteiger partial charge on any atom is 0.0698 e. The van der Waals surface area contributed by atoms with E-state index in [-0.39, 0.29) is 6.61 Å². The van der Waals surface area contributed by atoms with Crippen molar-refractivity contribution in [3.05, 3.63) is 29.8 Å². The Balaban J connectivity index is 2.46. The molecule has 1 aromatic carbocycles. The first-order valence-corrected chi connectivity index (χ1v) is 6.36. The van der Waals surface area contributed by atoms with Gasteiger partial charge in [-0.1, -0.05) is 12.1 Å². The van der Waals surface area contributed by atoms with Gasteiger partial charge in [0.2, 0.25) is 0 Å². The average Bonchev–Trinajstić information content (AvgIpc) is 2.42. The Hall–Kier alpha value is -1.10. The molecule has 1 aromatic rings. The molecule has 0 spiro atoms. The van der Waals surface area contributed by atoms with Crippen LogP contribution in [0.1, 0.15) is 18.5 Å². The minimum Gasteiger partial charge on any atom is -0.394 e. The van der Waals surface area contributed by atoms with Crippen molar-refractivity contribution in [2.45, 2.75) is 13.0 Å². The summed E-state index contributed by atoms with van der Waals surface area (Å²) in [6.45, 7) is 4.08. The Morgan fingerprint density at radius 1 is 1.28 bits per heavy atom. The van der Waals surface area contributed by atoms with Crippen molar-refractivity contribution < 1.29 is 9.84 Å². The predicted molar refractivity (Wildman–Crippen MR) is 75.1 cm³/mol. The van der Waals surface area contributed by atoms with E-state index in [4.69, 9.17) is 9.84 Å². The van der Waals surface area contributed by atoms with Crippen molar-refractivity contribution >= 4 is 5.69 Å². The molecular formula is C14H24N2O2. The van der Waals surface area contributed by atoms with Gasteiger partial charge in [-0.2, -0.15) is 0 Å². The molecule has 0 heterocycles. The summed E-state index contributed by atoms with van der Waals surface area (Å²) in [5.41, 5.74) is 2.46. The molecule has 18 heavy (non-hydrogen) atoms. The van der Waals surface area contributed by atoms with E-state index in [1.165, 1.54) is 11.3 Å². The van der Waals surface area contributed by atoms with Crippen molar-refractivity contribution in [1.82, 2.24) is 5.32 Å². The highest BCUT2D eigenvalue weighted by Gasteiger charge is 2.04. The maximum absolute atomic E-state index is 8.61. The maximum atomic E-state index is 8.61. The summed E-state index contributed by atoms with van der Waals surface area (Å²) >= 11 is 0. The number of hydrogen-bond acceptors (Lipinski definition) is 4. The lowest BCUT2D eigenvalue weighted by molar-refractivity contribution is 0.0971. The van der Waals surface area contributed by atoms with Crippen LogP contribution in [0.15, 0.2) is 24.3 Å². The monoisotopic (exact) mass is 252 g/mol. The molecule has 0 aliphatic carbocycles. The van der Waals surface area contributed by atoms with E-state index in [0.29, 0.717) is 19.3 Å². The van der Waals surface area contributed by atoms with Crippen LogP contribution >= 0.6 is 0 Å². The first-order chi connectivity index (χ1) is 8.69. The molecule has 0 amide bonds. The number of anilines is 1. The summed E-state index contributed by atoms with van der Waals surface area (Å²) in [5, 5.41) is 11.8. The molecule has 0 radical (unpaired) electrons. The first-order valence-electron chi connectivity index (χ1n) is 6.36. The van der Waals surface area contributed by atoms with E-state index in [0.717, 1.165) is 6.54 Å². The molecular weight excluding hydrogens is 228 g/mol. The molecule has 0 fully saturated rings. The summed E-state index contributed by atoms with van der Waals surface area (Å²) < 4.78 is 5.25. The Labute approximate surface area is 110 Å². The lowest BCUT2D eigenvalue weighted by Crippen LogP contribution is -2.23. The number of likely N-dealkylation sites (N-methyl/N-ethyl adjacent to an activating group) is 1. The third-order valence-electron chi connectivity index (χ3n) is 3.07. The molecule has 1 atom stereocenters. The van der Waals surface area contributed by atoms with Crippen molar-refractivity contribution in [3.63, 3.8) is 0 Å². The average molecular weight is 252 g/mol. The number of nitrogens with one attached hydrogen (secondary N) is 1. The van der Waals surface area contributed by atoms with Crippen LogP contribution in [0.3, 0.4) is 0 Å². The van der Waals surface area contributed by atoms with Gasteiger partial charge in [-0.15, -0.1) is 0 Å². The highest BCUT2D eigenvalue weighted by Crippen LogP contribution is 2.17. The van der Waals surface area contributed by atoms with Gasteiger partial charge in [0.15, 0.2) is 0 Å². The van der Waals surface area contributed by atoms with Gasteiger partial charge in [0.1, 0.15) is 0 Å². The quantitative estimate of drug-likeness (QED) is 0.687. The van der Waals surface area contributed by atoms with Crippen LogP contribution < -0.4 is 10.2 Å². The van der Waals surface area contributed by atoms with Crippen LogP contribution in [0.5, 0.6) is 0 Å². The van der Waals surface area contributed by atoms with Gasteiger partial charge < -0.3 is 20.1 Å². The summed E-state index contributed by atoms with van der Waals surface area (Å²) in [4.78, 5) is 2.14. The predicted octanol–water partition coefficient (Wildman–Crippen LogP) is 1.41. The van der Waals surface area contributed by atoms with E-state index in [1.54, 1.807) is 0 Å². The molecule has 1 unspecified atom stereocenters. The molecule has 4 heteroatoms. The molecule has 102 valence electrons. The summed E-state index contributed by atoms with van der Waals surface area (Å²) in [5.74, 6) is 0. The fraction of sp³-hybridized carbons (Fsp3) is 0.571. The second-order valence-corrected chi connectivity index (χ2v) is 4.36. The fourth-order valence-electron chi connectivity index (χ4n) is 1.68. The minimum atomic E-state index is 0.0836. The second-order valence-electron chi connectivity index (χ2n) is 4.36. The third-order valence-corrected chi connectivity index (χ3v) is 3.07. The number of hydrogen-bond donors (Lipinski definition) is 2. The van der Waals surface area contributed by atoms with Crippen LogP contribution in [0.4, 0.5) is 5.69 Å². The number of rotatable bonds is 8. The molecule has 0 aliphatic rings. The number of benzene rings is 1. The number of aliphatic hydroxyl groups is 1. The van der Waals surface area contributed by atoms with Gasteiger partial charge in [-0.25, -0.2) is 0 Å². The molecule has 0 aliphatic heterocycles. The van der Waals surface area contributed by atoms with Crippen LogP contribution in [-0.2, 0) is 4.74 Å².